The van der Waals surface area contributed by atoms with Gasteiger partial charge >= 0.3 is 0 Å². The van der Waals surface area contributed by atoms with Crippen molar-refractivity contribution >= 4 is 17.4 Å². The van der Waals surface area contributed by atoms with E-state index in [9.17, 15) is 9.90 Å². The molecule has 29 heavy (non-hydrogen) atoms. The summed E-state index contributed by atoms with van der Waals surface area (Å²) in [5, 5.41) is 29.7. The van der Waals surface area contributed by atoms with E-state index in [0.717, 1.165) is 16.8 Å². The monoisotopic (exact) mass is 391 g/mol. The smallest absolute Gasteiger partial charge is 0.226 e. The van der Waals surface area contributed by atoms with Crippen LogP contribution in [0.4, 0.5) is 5.82 Å². The van der Waals surface area contributed by atoms with Crippen molar-refractivity contribution in [1.82, 2.24) is 29.6 Å². The van der Waals surface area contributed by atoms with Gasteiger partial charge in [0.15, 0.2) is 23.0 Å². The van der Waals surface area contributed by atoms with Gasteiger partial charge in [0.25, 0.3) is 0 Å². The zero-order valence-electron chi connectivity index (χ0n) is 15.7. The average molecular weight is 391 g/mol. The first-order chi connectivity index (χ1) is 14.0. The largest absolute Gasteiger partial charge is 0.504 e. The minimum atomic E-state index is -0.222. The van der Waals surface area contributed by atoms with Crippen molar-refractivity contribution in [3.8, 4) is 17.3 Å². The number of anilines is 1. The van der Waals surface area contributed by atoms with Gasteiger partial charge in [-0.2, -0.15) is 14.3 Å². The van der Waals surface area contributed by atoms with Crippen LogP contribution in [0.2, 0.25) is 0 Å². The van der Waals surface area contributed by atoms with E-state index in [-0.39, 0.29) is 24.0 Å². The summed E-state index contributed by atoms with van der Waals surface area (Å²) < 4.78 is 8.40. The Morgan fingerprint density at radius 2 is 2.10 bits per heavy atom. The highest BCUT2D eigenvalue weighted by Gasteiger charge is 2.33. The lowest BCUT2D eigenvalue weighted by Crippen LogP contribution is -2.25. The maximum absolute atomic E-state index is 12.5. The molecule has 0 spiro atoms. The van der Waals surface area contributed by atoms with Crippen LogP contribution in [0.15, 0.2) is 36.7 Å². The van der Waals surface area contributed by atoms with Crippen LogP contribution in [-0.4, -0.2) is 47.7 Å². The molecule has 10 heteroatoms. The van der Waals surface area contributed by atoms with Crippen molar-refractivity contribution in [2.45, 2.75) is 19.3 Å². The molecule has 0 aliphatic carbocycles. The van der Waals surface area contributed by atoms with E-state index in [4.69, 9.17) is 4.74 Å². The average Bonchev–Trinajstić information content (AvgIpc) is 3.31. The lowest BCUT2D eigenvalue weighted by atomic mass is 9.85. The molecule has 146 valence electrons. The lowest BCUT2D eigenvalue weighted by Gasteiger charge is -2.24. The second-order valence-electron chi connectivity index (χ2n) is 6.82. The third-order valence-corrected chi connectivity index (χ3v) is 5.07. The van der Waals surface area contributed by atoms with Gasteiger partial charge in [-0.1, -0.05) is 6.07 Å². The number of carbonyl (C=O) groups is 1. The summed E-state index contributed by atoms with van der Waals surface area (Å²) in [5.74, 6) is 1.18. The van der Waals surface area contributed by atoms with Gasteiger partial charge in [0.05, 0.1) is 12.8 Å². The van der Waals surface area contributed by atoms with Crippen molar-refractivity contribution in [2.24, 2.45) is 0 Å². The van der Waals surface area contributed by atoms with Crippen LogP contribution in [-0.2, 0) is 4.79 Å². The van der Waals surface area contributed by atoms with Crippen molar-refractivity contribution in [3.63, 3.8) is 0 Å². The normalized spacial score (nSPS) is 15.9. The van der Waals surface area contributed by atoms with Crippen molar-refractivity contribution in [2.75, 3.05) is 12.4 Å². The quantitative estimate of drug-likeness (QED) is 0.546. The minimum Gasteiger partial charge on any atom is -0.504 e. The molecule has 4 aromatic rings. The number of nitrogens with one attached hydrogen (secondary N) is 1. The molecule has 1 amide bonds. The maximum Gasteiger partial charge on any atom is 0.226 e. The van der Waals surface area contributed by atoms with E-state index in [1.807, 2.05) is 6.92 Å². The van der Waals surface area contributed by atoms with Gasteiger partial charge in [0.1, 0.15) is 12.1 Å². The van der Waals surface area contributed by atoms with E-state index in [1.165, 1.54) is 13.4 Å². The fourth-order valence-corrected chi connectivity index (χ4v) is 3.74. The van der Waals surface area contributed by atoms with Crippen LogP contribution in [0.25, 0.3) is 11.5 Å². The molecule has 4 heterocycles. The third kappa shape index (κ3) is 2.68. The number of aromatic hydroxyl groups is 1. The van der Waals surface area contributed by atoms with Gasteiger partial charge in [0, 0.05) is 17.9 Å². The van der Waals surface area contributed by atoms with Crippen molar-refractivity contribution in [1.29, 1.82) is 0 Å². The topological polar surface area (TPSA) is 119 Å². The Morgan fingerprint density at radius 1 is 1.24 bits per heavy atom. The Balaban J connectivity index is 1.66. The predicted octanol–water partition coefficient (Wildman–Crippen LogP) is 1.81. The summed E-state index contributed by atoms with van der Waals surface area (Å²) in [6, 6.07) is 8.67. The molecular formula is C19H17N7O3. The molecule has 1 atom stereocenters. The second-order valence-corrected chi connectivity index (χ2v) is 6.82. The van der Waals surface area contributed by atoms with Crippen LogP contribution in [0, 0.1) is 6.92 Å². The van der Waals surface area contributed by atoms with E-state index in [1.54, 1.807) is 39.5 Å². The molecule has 0 saturated heterocycles. The van der Waals surface area contributed by atoms with Gasteiger partial charge in [-0.25, -0.2) is 0 Å². The second kappa shape index (κ2) is 6.30. The summed E-state index contributed by atoms with van der Waals surface area (Å²) in [6.07, 6.45) is 1.77. The number of phenols is 1. The summed E-state index contributed by atoms with van der Waals surface area (Å²) >= 11 is 0. The standard InChI is InChI=1S/C19H17N7O3/c1-10-18-12(11-3-4-13(27)14(7-11)29-2)8-17(28)21-19(18)26(23-10)16-6-5-15-22-20-9-25(15)24-16/h3-7,9,12,27H,8H2,1-2H3,(H,21,28)/t12-/m1/s1. The number of carbonyl (C=O) groups excluding carboxylic acids is 1. The zero-order chi connectivity index (χ0) is 20.1. The van der Waals surface area contributed by atoms with E-state index >= 15 is 0 Å². The molecule has 0 fully saturated rings. The number of phenolic OH excluding ortho intramolecular Hbond substituents is 1. The summed E-state index contributed by atoms with van der Waals surface area (Å²) in [4.78, 5) is 12.5. The summed E-state index contributed by atoms with van der Waals surface area (Å²) in [6.45, 7) is 1.90. The van der Waals surface area contributed by atoms with Gasteiger partial charge < -0.3 is 15.2 Å². The highest BCUT2D eigenvalue weighted by molar-refractivity contribution is 5.95. The van der Waals surface area contributed by atoms with E-state index < -0.39 is 0 Å². The number of ether oxygens (including phenoxy) is 1. The molecule has 1 aliphatic rings. The van der Waals surface area contributed by atoms with Crippen molar-refractivity contribution in [3.05, 3.63) is 53.5 Å². The molecule has 1 aliphatic heterocycles. The predicted molar refractivity (Wildman–Crippen MR) is 102 cm³/mol. The number of methoxy groups -OCH3 is 1. The number of amides is 1. The molecular weight excluding hydrogens is 374 g/mol. The Kier molecular flexibility index (Phi) is 3.73. The highest BCUT2D eigenvalue weighted by atomic mass is 16.5. The molecule has 10 nitrogen and oxygen atoms in total. The number of rotatable bonds is 3. The Hall–Kier alpha value is -3.95. The number of benzene rings is 1. The Labute approximate surface area is 164 Å². The molecule has 3 aromatic heterocycles. The van der Waals surface area contributed by atoms with Crippen LogP contribution >= 0.6 is 0 Å². The number of hydrogen-bond donors (Lipinski definition) is 2. The molecule has 5 rings (SSSR count). The highest BCUT2D eigenvalue weighted by Crippen LogP contribution is 2.42. The Morgan fingerprint density at radius 3 is 2.93 bits per heavy atom. The number of nitrogens with zero attached hydrogens (tertiary/aromatic N) is 6. The van der Waals surface area contributed by atoms with Gasteiger partial charge in [-0.05, 0) is 36.8 Å². The van der Waals surface area contributed by atoms with Gasteiger partial charge in [-0.15, -0.1) is 15.3 Å². The number of aromatic nitrogens is 6. The maximum atomic E-state index is 12.5. The van der Waals surface area contributed by atoms with E-state index in [2.05, 4.69) is 25.7 Å². The lowest BCUT2D eigenvalue weighted by molar-refractivity contribution is -0.116. The fourth-order valence-electron chi connectivity index (χ4n) is 3.74. The minimum absolute atomic E-state index is 0.0515. The van der Waals surface area contributed by atoms with Crippen molar-refractivity contribution < 1.29 is 14.6 Å². The number of fused-ring (bicyclic) bond motifs is 2. The first kappa shape index (κ1) is 17.2. The van der Waals surface area contributed by atoms with Crippen LogP contribution < -0.4 is 10.1 Å². The molecule has 2 N–H and O–H groups in total. The SMILES string of the molecule is COc1cc([C@H]2CC(=O)Nc3c2c(C)nn3-c2ccc3nncn3n2)ccc1O. The summed E-state index contributed by atoms with van der Waals surface area (Å²) in [7, 11) is 1.49. The van der Waals surface area contributed by atoms with Crippen LogP contribution in [0.1, 0.15) is 29.2 Å². The fraction of sp³-hybridized carbons (Fsp3) is 0.211. The van der Waals surface area contributed by atoms with Crippen LogP contribution in [0.3, 0.4) is 0 Å². The van der Waals surface area contributed by atoms with Gasteiger partial charge in [-0.3, -0.25) is 4.79 Å². The summed E-state index contributed by atoms with van der Waals surface area (Å²) in [5.41, 5.74) is 3.16. The Bertz CT molecular complexity index is 1260. The molecule has 0 radical (unpaired) electrons. The molecule has 0 unspecified atom stereocenters. The number of hydrogen-bond acceptors (Lipinski definition) is 7. The first-order valence-electron chi connectivity index (χ1n) is 8.99. The first-order valence-corrected chi connectivity index (χ1v) is 8.99. The molecule has 0 saturated carbocycles. The molecule has 0 bridgehead atoms. The number of aryl methyl sites for hydroxylation is 1. The molecule has 1 aromatic carbocycles. The third-order valence-electron chi connectivity index (χ3n) is 5.07. The van der Waals surface area contributed by atoms with E-state index in [0.29, 0.717) is 23.0 Å². The van der Waals surface area contributed by atoms with Crippen LogP contribution in [0.5, 0.6) is 11.5 Å². The zero-order valence-corrected chi connectivity index (χ0v) is 15.7. The van der Waals surface area contributed by atoms with Gasteiger partial charge in [0.2, 0.25) is 5.91 Å².